The molecule has 0 aromatic heterocycles. The fourth-order valence-electron chi connectivity index (χ4n) is 1.39. The second kappa shape index (κ2) is 5.67. The van der Waals surface area contributed by atoms with Gasteiger partial charge in [-0.25, -0.2) is 0 Å². The molecular weight excluding hydrogens is 278 g/mol. The van der Waals surface area contributed by atoms with E-state index in [1.54, 1.807) is 0 Å². The predicted molar refractivity (Wildman–Crippen MR) is 75.3 cm³/mol. The third kappa shape index (κ3) is 4.90. The summed E-state index contributed by atoms with van der Waals surface area (Å²) in [6.45, 7) is 9.23. The Morgan fingerprint density at radius 3 is 2.53 bits per heavy atom. The lowest BCUT2D eigenvalue weighted by molar-refractivity contribution is 0.0949. The van der Waals surface area contributed by atoms with Crippen molar-refractivity contribution in [2.75, 3.05) is 6.54 Å². The van der Waals surface area contributed by atoms with Crippen molar-refractivity contribution in [1.82, 2.24) is 5.32 Å². The SMILES string of the molecule is Cc1ccc(C(=O)NCCC(C)(C)C)cc1Br. The van der Waals surface area contributed by atoms with Gasteiger partial charge in [0.1, 0.15) is 0 Å². The monoisotopic (exact) mass is 297 g/mol. The number of hydrogen-bond acceptors (Lipinski definition) is 1. The smallest absolute Gasteiger partial charge is 0.251 e. The third-order valence-electron chi connectivity index (χ3n) is 2.59. The second-order valence-corrected chi connectivity index (χ2v) is 6.38. The lowest BCUT2D eigenvalue weighted by Crippen LogP contribution is -2.27. The van der Waals surface area contributed by atoms with E-state index in [1.807, 2.05) is 25.1 Å². The zero-order valence-corrected chi connectivity index (χ0v) is 12.5. The van der Waals surface area contributed by atoms with E-state index in [0.717, 1.165) is 16.5 Å². The highest BCUT2D eigenvalue weighted by Crippen LogP contribution is 2.18. The van der Waals surface area contributed by atoms with Gasteiger partial charge in [-0.15, -0.1) is 0 Å². The molecule has 0 fully saturated rings. The Balaban J connectivity index is 2.56. The minimum atomic E-state index is -0.00468. The van der Waals surface area contributed by atoms with Gasteiger partial charge in [0.15, 0.2) is 0 Å². The maximum Gasteiger partial charge on any atom is 0.251 e. The van der Waals surface area contributed by atoms with E-state index in [9.17, 15) is 4.79 Å². The third-order valence-corrected chi connectivity index (χ3v) is 3.45. The van der Waals surface area contributed by atoms with Gasteiger partial charge in [0.25, 0.3) is 5.91 Å². The van der Waals surface area contributed by atoms with Crippen LogP contribution in [-0.2, 0) is 0 Å². The summed E-state index contributed by atoms with van der Waals surface area (Å²) < 4.78 is 0.973. The van der Waals surface area contributed by atoms with Gasteiger partial charge in [0.05, 0.1) is 0 Å². The lowest BCUT2D eigenvalue weighted by atomic mass is 9.92. The Labute approximate surface area is 112 Å². The zero-order valence-electron chi connectivity index (χ0n) is 10.9. The van der Waals surface area contributed by atoms with Crippen molar-refractivity contribution < 1.29 is 4.79 Å². The first kappa shape index (κ1) is 14.2. The van der Waals surface area contributed by atoms with E-state index in [2.05, 4.69) is 42.0 Å². The molecule has 0 bridgehead atoms. The Bertz CT molecular complexity index is 407. The van der Waals surface area contributed by atoms with Gasteiger partial charge < -0.3 is 5.32 Å². The number of rotatable bonds is 3. The highest BCUT2D eigenvalue weighted by atomic mass is 79.9. The maximum atomic E-state index is 11.9. The Kier molecular flexibility index (Phi) is 4.75. The molecule has 0 saturated heterocycles. The molecule has 1 aromatic rings. The van der Waals surface area contributed by atoms with Crippen LogP contribution in [0.1, 0.15) is 43.1 Å². The molecule has 1 N–H and O–H groups in total. The molecule has 0 aliphatic carbocycles. The molecule has 0 saturated carbocycles. The molecular formula is C14H20BrNO. The molecule has 1 aromatic carbocycles. The molecule has 1 amide bonds. The summed E-state index contributed by atoms with van der Waals surface area (Å²) in [5.41, 5.74) is 2.09. The standard InChI is InChI=1S/C14H20BrNO/c1-10-5-6-11(9-12(10)15)13(17)16-8-7-14(2,3)4/h5-6,9H,7-8H2,1-4H3,(H,16,17). The van der Waals surface area contributed by atoms with E-state index in [-0.39, 0.29) is 11.3 Å². The van der Waals surface area contributed by atoms with Crippen molar-refractivity contribution in [2.24, 2.45) is 5.41 Å². The van der Waals surface area contributed by atoms with Crippen LogP contribution < -0.4 is 5.32 Å². The molecule has 2 nitrogen and oxygen atoms in total. The van der Waals surface area contributed by atoms with E-state index in [1.165, 1.54) is 0 Å². The summed E-state index contributed by atoms with van der Waals surface area (Å²) in [7, 11) is 0. The number of carbonyl (C=O) groups is 1. The fraction of sp³-hybridized carbons (Fsp3) is 0.500. The number of halogens is 1. The normalized spacial score (nSPS) is 11.4. The van der Waals surface area contributed by atoms with Crippen molar-refractivity contribution in [3.63, 3.8) is 0 Å². The lowest BCUT2D eigenvalue weighted by Gasteiger charge is -2.18. The number of benzene rings is 1. The Hall–Kier alpha value is -0.830. The fourth-order valence-corrected chi connectivity index (χ4v) is 1.77. The van der Waals surface area contributed by atoms with Crippen molar-refractivity contribution in [1.29, 1.82) is 0 Å². The molecule has 17 heavy (non-hydrogen) atoms. The van der Waals surface area contributed by atoms with Crippen molar-refractivity contribution in [3.05, 3.63) is 33.8 Å². The van der Waals surface area contributed by atoms with Crippen LogP contribution in [0.2, 0.25) is 0 Å². The molecule has 1 rings (SSSR count). The van der Waals surface area contributed by atoms with Gasteiger partial charge in [-0.2, -0.15) is 0 Å². The predicted octanol–water partition coefficient (Wildman–Crippen LogP) is 3.92. The molecule has 0 aliphatic rings. The molecule has 0 heterocycles. The summed E-state index contributed by atoms with van der Waals surface area (Å²) in [5, 5.41) is 2.94. The first-order chi connectivity index (χ1) is 7.79. The minimum Gasteiger partial charge on any atom is -0.352 e. The van der Waals surface area contributed by atoms with Crippen LogP contribution in [0.5, 0.6) is 0 Å². The molecule has 0 radical (unpaired) electrons. The first-order valence-corrected chi connectivity index (χ1v) is 6.63. The second-order valence-electron chi connectivity index (χ2n) is 5.53. The van der Waals surface area contributed by atoms with Crippen LogP contribution >= 0.6 is 15.9 Å². The van der Waals surface area contributed by atoms with Crippen LogP contribution in [0, 0.1) is 12.3 Å². The van der Waals surface area contributed by atoms with Crippen LogP contribution in [0.25, 0.3) is 0 Å². The summed E-state index contributed by atoms with van der Waals surface area (Å²) >= 11 is 3.43. The van der Waals surface area contributed by atoms with E-state index < -0.39 is 0 Å². The van der Waals surface area contributed by atoms with E-state index >= 15 is 0 Å². The van der Waals surface area contributed by atoms with Crippen LogP contribution in [-0.4, -0.2) is 12.5 Å². The van der Waals surface area contributed by atoms with Crippen LogP contribution in [0.15, 0.2) is 22.7 Å². The van der Waals surface area contributed by atoms with Crippen LogP contribution in [0.3, 0.4) is 0 Å². The molecule has 0 atom stereocenters. The van der Waals surface area contributed by atoms with Gasteiger partial charge in [-0.3, -0.25) is 4.79 Å². The molecule has 94 valence electrons. The maximum absolute atomic E-state index is 11.9. The topological polar surface area (TPSA) is 29.1 Å². The van der Waals surface area contributed by atoms with Crippen molar-refractivity contribution in [3.8, 4) is 0 Å². The van der Waals surface area contributed by atoms with Gasteiger partial charge in [0.2, 0.25) is 0 Å². The summed E-state index contributed by atoms with van der Waals surface area (Å²) in [6.07, 6.45) is 0.978. The molecule has 0 aliphatic heterocycles. The van der Waals surface area contributed by atoms with Crippen LogP contribution in [0.4, 0.5) is 0 Å². The Morgan fingerprint density at radius 1 is 1.35 bits per heavy atom. The average Bonchev–Trinajstić information content (AvgIpc) is 2.20. The summed E-state index contributed by atoms with van der Waals surface area (Å²) in [6, 6.07) is 5.66. The Morgan fingerprint density at radius 2 is 2.00 bits per heavy atom. The highest BCUT2D eigenvalue weighted by molar-refractivity contribution is 9.10. The quantitative estimate of drug-likeness (QED) is 0.900. The number of aryl methyl sites for hydroxylation is 1. The van der Waals surface area contributed by atoms with Gasteiger partial charge in [-0.05, 0) is 36.5 Å². The molecule has 3 heteroatoms. The van der Waals surface area contributed by atoms with E-state index in [4.69, 9.17) is 0 Å². The summed E-state index contributed by atoms with van der Waals surface area (Å²) in [4.78, 5) is 11.9. The van der Waals surface area contributed by atoms with Crippen molar-refractivity contribution in [2.45, 2.75) is 34.1 Å². The first-order valence-electron chi connectivity index (χ1n) is 5.84. The number of carbonyl (C=O) groups excluding carboxylic acids is 1. The molecule has 0 unspecified atom stereocenters. The van der Waals surface area contributed by atoms with Gasteiger partial charge in [0, 0.05) is 16.6 Å². The zero-order chi connectivity index (χ0) is 13.1. The number of hydrogen-bond donors (Lipinski definition) is 1. The largest absolute Gasteiger partial charge is 0.352 e. The number of nitrogens with one attached hydrogen (secondary N) is 1. The molecule has 0 spiro atoms. The van der Waals surface area contributed by atoms with E-state index in [0.29, 0.717) is 12.1 Å². The highest BCUT2D eigenvalue weighted by Gasteiger charge is 2.11. The average molecular weight is 298 g/mol. The summed E-state index contributed by atoms with van der Waals surface area (Å²) in [5.74, 6) is -0.00468. The minimum absolute atomic E-state index is 0.00468. The van der Waals surface area contributed by atoms with Crippen molar-refractivity contribution >= 4 is 21.8 Å². The van der Waals surface area contributed by atoms with Gasteiger partial charge in [-0.1, -0.05) is 42.8 Å². The number of amides is 1. The van der Waals surface area contributed by atoms with Gasteiger partial charge >= 0.3 is 0 Å².